The van der Waals surface area contributed by atoms with Gasteiger partial charge in [-0.2, -0.15) is 0 Å². The summed E-state index contributed by atoms with van der Waals surface area (Å²) in [5, 5.41) is 0. The van der Waals surface area contributed by atoms with E-state index in [9.17, 15) is 14.0 Å². The highest BCUT2D eigenvalue weighted by molar-refractivity contribution is 5.89. The van der Waals surface area contributed by atoms with Crippen molar-refractivity contribution in [2.75, 3.05) is 20.2 Å². The maximum atomic E-state index is 13.6. The standard InChI is InChI=1S/C16H20FNO4/c1-16(2,3)22-15(20)18-8-11(9-18)10-5-6-13(17)12(7-10)14(19)21-4/h5-7,11H,8-9H2,1-4H3. The molecule has 5 nitrogen and oxygen atoms in total. The second-order valence-corrected chi connectivity index (χ2v) is 6.31. The fourth-order valence-corrected chi connectivity index (χ4v) is 2.23. The van der Waals surface area contributed by atoms with Crippen LogP contribution in [0.15, 0.2) is 18.2 Å². The van der Waals surface area contributed by atoms with Crippen LogP contribution in [0, 0.1) is 5.82 Å². The molecule has 0 saturated carbocycles. The lowest BCUT2D eigenvalue weighted by molar-refractivity contribution is 0.00813. The first kappa shape index (κ1) is 16.3. The minimum absolute atomic E-state index is 0.0662. The number of carbonyl (C=O) groups is 2. The van der Waals surface area contributed by atoms with Crippen molar-refractivity contribution >= 4 is 12.1 Å². The van der Waals surface area contributed by atoms with Crippen molar-refractivity contribution in [2.45, 2.75) is 32.3 Å². The Hall–Kier alpha value is -2.11. The lowest BCUT2D eigenvalue weighted by Crippen LogP contribution is -2.50. The number of hydrogen-bond donors (Lipinski definition) is 0. The molecule has 1 aliphatic heterocycles. The second kappa shape index (κ2) is 5.94. The number of likely N-dealkylation sites (tertiary alicyclic amines) is 1. The van der Waals surface area contributed by atoms with Crippen molar-refractivity contribution in [3.63, 3.8) is 0 Å². The first-order valence-corrected chi connectivity index (χ1v) is 7.07. The van der Waals surface area contributed by atoms with Gasteiger partial charge in [0.15, 0.2) is 0 Å². The largest absolute Gasteiger partial charge is 0.465 e. The van der Waals surface area contributed by atoms with Gasteiger partial charge in [0.25, 0.3) is 0 Å². The van der Waals surface area contributed by atoms with Gasteiger partial charge in [-0.1, -0.05) is 6.07 Å². The summed E-state index contributed by atoms with van der Waals surface area (Å²) in [4.78, 5) is 24.9. The van der Waals surface area contributed by atoms with E-state index in [-0.39, 0.29) is 17.6 Å². The molecular weight excluding hydrogens is 289 g/mol. The van der Waals surface area contributed by atoms with Gasteiger partial charge in [-0.3, -0.25) is 0 Å². The molecule has 2 rings (SSSR count). The molecule has 1 heterocycles. The van der Waals surface area contributed by atoms with Crippen LogP contribution in [-0.4, -0.2) is 42.8 Å². The molecule has 0 N–H and O–H groups in total. The first-order chi connectivity index (χ1) is 10.2. The summed E-state index contributed by atoms with van der Waals surface area (Å²) in [5.74, 6) is -1.25. The summed E-state index contributed by atoms with van der Waals surface area (Å²) in [6.45, 7) is 6.41. The molecule has 0 aromatic heterocycles. The van der Waals surface area contributed by atoms with Crippen molar-refractivity contribution in [2.24, 2.45) is 0 Å². The third kappa shape index (κ3) is 3.55. The average molecular weight is 309 g/mol. The van der Waals surface area contributed by atoms with Crippen molar-refractivity contribution in [1.82, 2.24) is 4.90 Å². The van der Waals surface area contributed by atoms with Crippen LogP contribution in [0.4, 0.5) is 9.18 Å². The second-order valence-electron chi connectivity index (χ2n) is 6.31. The maximum absolute atomic E-state index is 13.6. The van der Waals surface area contributed by atoms with Gasteiger partial charge >= 0.3 is 12.1 Å². The summed E-state index contributed by atoms with van der Waals surface area (Å²) in [6, 6.07) is 4.36. The van der Waals surface area contributed by atoms with E-state index in [1.54, 1.807) is 11.0 Å². The minimum atomic E-state index is -0.706. The Labute approximate surface area is 129 Å². The zero-order valence-corrected chi connectivity index (χ0v) is 13.2. The predicted octanol–water partition coefficient (Wildman–Crippen LogP) is 2.95. The minimum Gasteiger partial charge on any atom is -0.465 e. The van der Waals surface area contributed by atoms with Crippen LogP contribution in [0.1, 0.15) is 42.6 Å². The van der Waals surface area contributed by atoms with E-state index in [1.807, 2.05) is 20.8 Å². The molecule has 120 valence electrons. The van der Waals surface area contributed by atoms with Crippen LogP contribution in [0.5, 0.6) is 0 Å². The van der Waals surface area contributed by atoms with Crippen LogP contribution in [0.25, 0.3) is 0 Å². The number of carbonyl (C=O) groups excluding carboxylic acids is 2. The Kier molecular flexibility index (Phi) is 4.39. The Morgan fingerprint density at radius 2 is 1.91 bits per heavy atom. The number of rotatable bonds is 2. The molecule has 1 saturated heterocycles. The lowest BCUT2D eigenvalue weighted by Gasteiger charge is -2.40. The highest BCUT2D eigenvalue weighted by atomic mass is 19.1. The van der Waals surface area contributed by atoms with Gasteiger partial charge in [0.1, 0.15) is 11.4 Å². The quantitative estimate of drug-likeness (QED) is 0.788. The van der Waals surface area contributed by atoms with Crippen molar-refractivity contribution < 1.29 is 23.5 Å². The molecule has 1 amide bonds. The number of amides is 1. The van der Waals surface area contributed by atoms with Gasteiger partial charge < -0.3 is 14.4 Å². The number of nitrogens with zero attached hydrogens (tertiary/aromatic N) is 1. The molecule has 6 heteroatoms. The number of hydrogen-bond acceptors (Lipinski definition) is 4. The number of methoxy groups -OCH3 is 1. The Balaban J connectivity index is 2.02. The summed E-state index contributed by atoms with van der Waals surface area (Å²) < 4.78 is 23.4. The normalized spacial score (nSPS) is 15.2. The SMILES string of the molecule is COC(=O)c1cc(C2CN(C(=O)OC(C)(C)C)C2)ccc1F. The summed E-state index contributed by atoms with van der Waals surface area (Å²) in [6.07, 6.45) is -0.362. The Morgan fingerprint density at radius 3 is 2.45 bits per heavy atom. The number of esters is 1. The molecule has 0 aliphatic carbocycles. The molecule has 1 fully saturated rings. The zero-order valence-electron chi connectivity index (χ0n) is 13.2. The highest BCUT2D eigenvalue weighted by Crippen LogP contribution is 2.29. The summed E-state index contributed by atoms with van der Waals surface area (Å²) in [7, 11) is 1.21. The number of ether oxygens (including phenoxy) is 2. The molecule has 0 bridgehead atoms. The Bertz CT molecular complexity index is 588. The van der Waals surface area contributed by atoms with E-state index >= 15 is 0 Å². The monoisotopic (exact) mass is 309 g/mol. The van der Waals surface area contributed by atoms with Gasteiger partial charge in [-0.25, -0.2) is 14.0 Å². The third-order valence-electron chi connectivity index (χ3n) is 3.40. The molecule has 22 heavy (non-hydrogen) atoms. The molecule has 0 spiro atoms. The molecule has 0 unspecified atom stereocenters. The fourth-order valence-electron chi connectivity index (χ4n) is 2.23. The van der Waals surface area contributed by atoms with E-state index < -0.39 is 17.4 Å². The van der Waals surface area contributed by atoms with Crippen LogP contribution < -0.4 is 0 Å². The van der Waals surface area contributed by atoms with Gasteiger partial charge in [0.05, 0.1) is 12.7 Å². The van der Waals surface area contributed by atoms with Gasteiger partial charge in [0.2, 0.25) is 0 Å². The van der Waals surface area contributed by atoms with Gasteiger partial charge in [-0.15, -0.1) is 0 Å². The molecule has 1 aromatic rings. The van der Waals surface area contributed by atoms with E-state index in [2.05, 4.69) is 4.74 Å². The molecule has 1 aromatic carbocycles. The van der Waals surface area contributed by atoms with Crippen LogP contribution in [0.3, 0.4) is 0 Å². The molecule has 0 atom stereocenters. The average Bonchev–Trinajstić information content (AvgIpc) is 2.35. The maximum Gasteiger partial charge on any atom is 0.410 e. The van der Waals surface area contributed by atoms with E-state index in [4.69, 9.17) is 4.74 Å². The summed E-state index contributed by atoms with van der Waals surface area (Å²) in [5.41, 5.74) is 0.188. The van der Waals surface area contributed by atoms with Crippen LogP contribution >= 0.6 is 0 Å². The van der Waals surface area contributed by atoms with Crippen molar-refractivity contribution in [1.29, 1.82) is 0 Å². The van der Waals surface area contributed by atoms with E-state index in [0.717, 1.165) is 5.56 Å². The molecular formula is C16H20FNO4. The zero-order chi connectivity index (χ0) is 16.5. The number of halogens is 1. The molecule has 1 aliphatic rings. The smallest absolute Gasteiger partial charge is 0.410 e. The predicted molar refractivity (Wildman–Crippen MR) is 78.3 cm³/mol. The van der Waals surface area contributed by atoms with Crippen molar-refractivity contribution in [3.8, 4) is 0 Å². The first-order valence-electron chi connectivity index (χ1n) is 7.07. The highest BCUT2D eigenvalue weighted by Gasteiger charge is 2.35. The summed E-state index contributed by atoms with van der Waals surface area (Å²) >= 11 is 0. The van der Waals surface area contributed by atoms with Crippen molar-refractivity contribution in [3.05, 3.63) is 35.1 Å². The van der Waals surface area contributed by atoms with E-state index in [0.29, 0.717) is 13.1 Å². The van der Waals surface area contributed by atoms with Gasteiger partial charge in [0, 0.05) is 19.0 Å². The van der Waals surface area contributed by atoms with Crippen LogP contribution in [-0.2, 0) is 9.47 Å². The Morgan fingerprint density at radius 1 is 1.27 bits per heavy atom. The van der Waals surface area contributed by atoms with Crippen LogP contribution in [0.2, 0.25) is 0 Å². The van der Waals surface area contributed by atoms with E-state index in [1.165, 1.54) is 19.2 Å². The topological polar surface area (TPSA) is 55.8 Å². The lowest BCUT2D eigenvalue weighted by atomic mass is 9.90. The fraction of sp³-hybridized carbons (Fsp3) is 0.500. The number of benzene rings is 1. The third-order valence-corrected chi connectivity index (χ3v) is 3.40. The van der Waals surface area contributed by atoms with Gasteiger partial charge in [-0.05, 0) is 38.5 Å². The molecule has 0 radical (unpaired) electrons.